The van der Waals surface area contributed by atoms with Crippen LogP contribution in [0.4, 0.5) is 5.69 Å². The Labute approximate surface area is 214 Å². The van der Waals surface area contributed by atoms with Crippen molar-refractivity contribution < 1.29 is 23.1 Å². The van der Waals surface area contributed by atoms with Gasteiger partial charge in [0.15, 0.2) is 0 Å². The number of carboxylic acids is 1. The van der Waals surface area contributed by atoms with Crippen molar-refractivity contribution in [2.24, 2.45) is 5.10 Å². The van der Waals surface area contributed by atoms with Crippen LogP contribution in [-0.2, 0) is 16.6 Å². The van der Waals surface area contributed by atoms with E-state index in [1.165, 1.54) is 34.8 Å². The Morgan fingerprint density at radius 2 is 1.35 bits per heavy atom. The van der Waals surface area contributed by atoms with E-state index in [0.29, 0.717) is 5.56 Å². The maximum absolute atomic E-state index is 13.7. The molecule has 0 aliphatic heterocycles. The van der Waals surface area contributed by atoms with Gasteiger partial charge in [0.25, 0.3) is 15.9 Å². The van der Waals surface area contributed by atoms with Gasteiger partial charge in [-0.3, -0.25) is 9.10 Å². The van der Waals surface area contributed by atoms with Gasteiger partial charge in [0.1, 0.15) is 0 Å². The molecular formula is C28H23N3O5S. The molecule has 0 unspecified atom stereocenters. The highest BCUT2D eigenvalue weighted by molar-refractivity contribution is 7.92. The zero-order valence-electron chi connectivity index (χ0n) is 19.6. The first-order valence-electron chi connectivity index (χ1n) is 11.2. The average molecular weight is 514 g/mol. The van der Waals surface area contributed by atoms with E-state index < -0.39 is 21.9 Å². The fraction of sp³-hybridized carbons (Fsp3) is 0.0357. The standard InChI is InChI=1S/C28H23N3O5S/c32-27(30-29-19-22-13-7-8-16-24(22)28(33)34)25-17-9-10-18-26(25)31(20-21-11-3-1-4-12-21)37(35,36)23-14-5-2-6-15-23/h1-19H,20H2,(H,30,32)(H,33,34)/b29-19+. The van der Waals surface area contributed by atoms with Gasteiger partial charge >= 0.3 is 5.97 Å². The SMILES string of the molecule is O=C(O)c1ccccc1/C=N/NC(=O)c1ccccc1N(Cc1ccccc1)S(=O)(=O)c1ccccc1. The van der Waals surface area contributed by atoms with Gasteiger partial charge in [0.2, 0.25) is 0 Å². The van der Waals surface area contributed by atoms with Crippen LogP contribution < -0.4 is 9.73 Å². The first-order chi connectivity index (χ1) is 17.9. The van der Waals surface area contributed by atoms with Crippen molar-refractivity contribution in [3.05, 3.63) is 131 Å². The van der Waals surface area contributed by atoms with Crippen LogP contribution in [0.5, 0.6) is 0 Å². The van der Waals surface area contributed by atoms with Gasteiger partial charge in [-0.05, 0) is 35.9 Å². The average Bonchev–Trinajstić information content (AvgIpc) is 2.93. The van der Waals surface area contributed by atoms with Crippen LogP contribution in [0.1, 0.15) is 31.8 Å². The summed E-state index contributed by atoms with van der Waals surface area (Å²) in [5.41, 5.74) is 3.71. The number of hydrogen-bond acceptors (Lipinski definition) is 5. The smallest absolute Gasteiger partial charge is 0.336 e. The maximum Gasteiger partial charge on any atom is 0.336 e. The summed E-state index contributed by atoms with van der Waals surface area (Å²) in [6, 6.07) is 29.6. The van der Waals surface area contributed by atoms with Gasteiger partial charge in [-0.1, -0.05) is 78.9 Å². The lowest BCUT2D eigenvalue weighted by molar-refractivity contribution is 0.0696. The summed E-state index contributed by atoms with van der Waals surface area (Å²) in [4.78, 5) is 24.6. The Kier molecular flexibility index (Phi) is 7.75. The van der Waals surface area contributed by atoms with Gasteiger partial charge in [-0.25, -0.2) is 18.6 Å². The van der Waals surface area contributed by atoms with Gasteiger partial charge in [0, 0.05) is 5.56 Å². The molecule has 0 atom stereocenters. The maximum atomic E-state index is 13.7. The molecule has 0 heterocycles. The van der Waals surface area contributed by atoms with Crippen LogP contribution >= 0.6 is 0 Å². The summed E-state index contributed by atoms with van der Waals surface area (Å²) >= 11 is 0. The Balaban J connectivity index is 1.69. The van der Waals surface area contributed by atoms with Crippen LogP contribution in [0, 0.1) is 0 Å². The van der Waals surface area contributed by atoms with Crippen molar-refractivity contribution in [1.82, 2.24) is 5.43 Å². The van der Waals surface area contributed by atoms with Crippen molar-refractivity contribution in [2.45, 2.75) is 11.4 Å². The minimum absolute atomic E-state index is 0.00237. The second kappa shape index (κ2) is 11.3. The number of carbonyl (C=O) groups is 2. The molecule has 1 amide bonds. The van der Waals surface area contributed by atoms with Gasteiger partial charge in [-0.15, -0.1) is 0 Å². The number of aromatic carboxylic acids is 1. The Morgan fingerprint density at radius 1 is 0.784 bits per heavy atom. The number of amides is 1. The lowest BCUT2D eigenvalue weighted by atomic mass is 10.1. The number of hydrazone groups is 1. The number of carboxylic acid groups (broad SMARTS) is 1. The first kappa shape index (κ1) is 25.3. The number of hydrogen-bond donors (Lipinski definition) is 2. The molecule has 0 saturated heterocycles. The highest BCUT2D eigenvalue weighted by Gasteiger charge is 2.28. The Bertz CT molecular complexity index is 1540. The predicted octanol–water partition coefficient (Wildman–Crippen LogP) is 4.54. The molecule has 4 rings (SSSR count). The van der Waals surface area contributed by atoms with Crippen molar-refractivity contribution in [3.8, 4) is 0 Å². The number of nitrogens with zero attached hydrogens (tertiary/aromatic N) is 2. The minimum atomic E-state index is -4.04. The van der Waals surface area contributed by atoms with Gasteiger partial charge in [0.05, 0.1) is 34.5 Å². The third kappa shape index (κ3) is 5.91. The van der Waals surface area contributed by atoms with Gasteiger partial charge < -0.3 is 5.11 Å². The van der Waals surface area contributed by atoms with E-state index in [1.54, 1.807) is 66.7 Å². The molecule has 0 saturated carbocycles. The molecule has 0 radical (unpaired) electrons. The van der Waals surface area contributed by atoms with Crippen LogP contribution in [0.2, 0.25) is 0 Å². The second-order valence-corrected chi connectivity index (χ2v) is 9.78. The van der Waals surface area contributed by atoms with E-state index in [4.69, 9.17) is 0 Å². The molecule has 0 aliphatic carbocycles. The topological polar surface area (TPSA) is 116 Å². The minimum Gasteiger partial charge on any atom is -0.478 e. The Morgan fingerprint density at radius 3 is 2.03 bits per heavy atom. The largest absolute Gasteiger partial charge is 0.478 e. The molecule has 4 aromatic rings. The Hall–Kier alpha value is -4.76. The highest BCUT2D eigenvalue weighted by Crippen LogP contribution is 2.29. The number of carbonyl (C=O) groups excluding carboxylic acids is 1. The molecular weight excluding hydrogens is 490 g/mol. The molecule has 0 spiro atoms. The monoisotopic (exact) mass is 513 g/mol. The summed E-state index contributed by atoms with van der Waals surface area (Å²) in [5.74, 6) is -1.78. The van der Waals surface area contributed by atoms with Gasteiger partial charge in [-0.2, -0.15) is 5.10 Å². The molecule has 4 aromatic carbocycles. The molecule has 0 fully saturated rings. The van der Waals surface area contributed by atoms with Crippen molar-refractivity contribution >= 4 is 33.8 Å². The van der Waals surface area contributed by atoms with E-state index in [0.717, 1.165) is 5.56 Å². The van der Waals surface area contributed by atoms with E-state index >= 15 is 0 Å². The fourth-order valence-corrected chi connectivity index (χ4v) is 5.17. The van der Waals surface area contributed by atoms with Crippen LogP contribution in [0.25, 0.3) is 0 Å². The molecule has 0 aliphatic rings. The highest BCUT2D eigenvalue weighted by atomic mass is 32.2. The molecule has 0 bridgehead atoms. The zero-order chi connectivity index (χ0) is 26.3. The summed E-state index contributed by atoms with van der Waals surface area (Å²) in [5, 5.41) is 13.2. The zero-order valence-corrected chi connectivity index (χ0v) is 20.4. The quantitative estimate of drug-likeness (QED) is 0.252. The van der Waals surface area contributed by atoms with Crippen molar-refractivity contribution in [1.29, 1.82) is 0 Å². The second-order valence-electron chi connectivity index (χ2n) is 7.92. The molecule has 2 N–H and O–H groups in total. The number of anilines is 1. The van der Waals surface area contributed by atoms with Crippen molar-refractivity contribution in [2.75, 3.05) is 4.31 Å². The number of sulfonamides is 1. The fourth-order valence-electron chi connectivity index (χ4n) is 3.68. The lowest BCUT2D eigenvalue weighted by Crippen LogP contribution is -2.33. The van der Waals surface area contributed by atoms with Crippen LogP contribution in [-0.4, -0.2) is 31.6 Å². The summed E-state index contributed by atoms with van der Waals surface area (Å²) in [6.07, 6.45) is 1.23. The molecule has 0 aromatic heterocycles. The van der Waals surface area contributed by atoms with Crippen LogP contribution in [0.3, 0.4) is 0 Å². The van der Waals surface area contributed by atoms with E-state index in [-0.39, 0.29) is 28.3 Å². The third-order valence-electron chi connectivity index (χ3n) is 5.48. The normalized spacial score (nSPS) is 11.2. The molecule has 186 valence electrons. The first-order valence-corrected chi connectivity index (χ1v) is 12.7. The molecule has 37 heavy (non-hydrogen) atoms. The van der Waals surface area contributed by atoms with E-state index in [9.17, 15) is 23.1 Å². The summed E-state index contributed by atoms with van der Waals surface area (Å²) in [6.45, 7) is -0.00237. The molecule has 8 nitrogen and oxygen atoms in total. The van der Waals surface area contributed by atoms with E-state index in [1.807, 2.05) is 18.2 Å². The predicted molar refractivity (Wildman–Crippen MR) is 141 cm³/mol. The summed E-state index contributed by atoms with van der Waals surface area (Å²) < 4.78 is 28.6. The number of benzene rings is 4. The molecule has 9 heteroatoms. The third-order valence-corrected chi connectivity index (χ3v) is 7.25. The van der Waals surface area contributed by atoms with Crippen LogP contribution in [0.15, 0.2) is 119 Å². The van der Waals surface area contributed by atoms with Crippen molar-refractivity contribution in [3.63, 3.8) is 0 Å². The number of rotatable bonds is 9. The number of para-hydroxylation sites is 1. The number of nitrogens with one attached hydrogen (secondary N) is 1. The lowest BCUT2D eigenvalue weighted by Gasteiger charge is -2.26. The summed E-state index contributed by atoms with van der Waals surface area (Å²) in [7, 11) is -4.04. The van der Waals surface area contributed by atoms with E-state index in [2.05, 4.69) is 10.5 Å².